The van der Waals surface area contributed by atoms with Crippen molar-refractivity contribution in [2.45, 2.75) is 0 Å². The number of hydrogen-bond acceptors (Lipinski definition) is 5. The van der Waals surface area contributed by atoms with E-state index in [1.165, 1.54) is 0 Å². The Hall–Kier alpha value is -2.21. The van der Waals surface area contributed by atoms with Crippen molar-refractivity contribution in [1.29, 1.82) is 0 Å². The zero-order chi connectivity index (χ0) is 11.8. The van der Waals surface area contributed by atoms with E-state index in [0.717, 1.165) is 11.1 Å². The van der Waals surface area contributed by atoms with Gasteiger partial charge in [-0.15, -0.1) is 0 Å². The zero-order valence-corrected chi connectivity index (χ0v) is 9.33. The van der Waals surface area contributed by atoms with E-state index < -0.39 is 0 Å². The van der Waals surface area contributed by atoms with Crippen LogP contribution in [0.15, 0.2) is 30.6 Å². The monoisotopic (exact) mass is 246 g/mol. The van der Waals surface area contributed by atoms with Gasteiger partial charge >= 0.3 is 0 Å². The summed E-state index contributed by atoms with van der Waals surface area (Å²) in [5, 5.41) is 4.26. The first kappa shape index (κ1) is 9.98. The minimum Gasteiger partial charge on any atom is -0.368 e. The minimum atomic E-state index is 0.0720. The SMILES string of the molecule is Nc1nc(Cl)nc(-c2cnn3ccccc23)n1. The summed E-state index contributed by atoms with van der Waals surface area (Å²) in [6.45, 7) is 0. The molecule has 0 saturated heterocycles. The molecule has 17 heavy (non-hydrogen) atoms. The summed E-state index contributed by atoms with van der Waals surface area (Å²) in [5.41, 5.74) is 7.18. The van der Waals surface area contributed by atoms with Crippen LogP contribution >= 0.6 is 11.6 Å². The first-order chi connectivity index (χ1) is 8.24. The number of rotatable bonds is 1. The van der Waals surface area contributed by atoms with Crippen LogP contribution in [-0.4, -0.2) is 24.6 Å². The molecule has 6 nitrogen and oxygen atoms in total. The van der Waals surface area contributed by atoms with Gasteiger partial charge in [-0.3, -0.25) is 0 Å². The summed E-state index contributed by atoms with van der Waals surface area (Å²) in [7, 11) is 0. The van der Waals surface area contributed by atoms with E-state index in [2.05, 4.69) is 20.1 Å². The number of fused-ring (bicyclic) bond motifs is 1. The highest BCUT2D eigenvalue weighted by Crippen LogP contribution is 2.21. The second kappa shape index (κ2) is 3.67. The van der Waals surface area contributed by atoms with E-state index in [1.807, 2.05) is 24.4 Å². The molecule has 3 aromatic rings. The maximum atomic E-state index is 5.75. The molecule has 0 unspecified atom stereocenters. The van der Waals surface area contributed by atoms with Crippen LogP contribution in [0.1, 0.15) is 0 Å². The molecule has 3 heterocycles. The van der Waals surface area contributed by atoms with Crippen molar-refractivity contribution in [3.05, 3.63) is 35.9 Å². The fourth-order valence-electron chi connectivity index (χ4n) is 1.59. The van der Waals surface area contributed by atoms with Gasteiger partial charge in [0.1, 0.15) is 0 Å². The van der Waals surface area contributed by atoms with Crippen molar-refractivity contribution in [1.82, 2.24) is 24.6 Å². The molecule has 0 spiro atoms. The molecule has 0 amide bonds. The third-order valence-electron chi connectivity index (χ3n) is 2.29. The standard InChI is InChI=1S/C10H7ClN6/c11-9-14-8(15-10(12)16-9)6-5-13-17-4-2-1-3-7(6)17/h1-5H,(H2,12,14,15,16). The van der Waals surface area contributed by atoms with Crippen LogP contribution in [-0.2, 0) is 0 Å². The van der Waals surface area contributed by atoms with Gasteiger partial charge in [0.2, 0.25) is 11.2 Å². The molecule has 3 rings (SSSR count). The molecule has 7 heteroatoms. The van der Waals surface area contributed by atoms with Gasteiger partial charge in [0.15, 0.2) is 5.82 Å². The second-order valence-electron chi connectivity index (χ2n) is 3.37. The smallest absolute Gasteiger partial charge is 0.227 e. The molecule has 2 N–H and O–H groups in total. The highest BCUT2D eigenvalue weighted by Gasteiger charge is 2.10. The normalized spacial score (nSPS) is 10.9. The van der Waals surface area contributed by atoms with Crippen LogP contribution in [0.25, 0.3) is 16.9 Å². The molecule has 0 aromatic carbocycles. The van der Waals surface area contributed by atoms with E-state index in [4.69, 9.17) is 17.3 Å². The topological polar surface area (TPSA) is 82.0 Å². The Labute approximate surface area is 101 Å². The van der Waals surface area contributed by atoms with Crippen molar-refractivity contribution >= 4 is 23.1 Å². The molecule has 0 saturated carbocycles. The van der Waals surface area contributed by atoms with E-state index in [1.54, 1.807) is 10.7 Å². The van der Waals surface area contributed by atoms with Crippen molar-refractivity contribution in [3.63, 3.8) is 0 Å². The first-order valence-corrected chi connectivity index (χ1v) is 5.21. The maximum absolute atomic E-state index is 5.75. The Morgan fingerprint density at radius 1 is 1.18 bits per heavy atom. The Balaban J connectivity index is 2.27. The van der Waals surface area contributed by atoms with Gasteiger partial charge in [0.25, 0.3) is 0 Å². The lowest BCUT2D eigenvalue weighted by Gasteiger charge is -1.99. The number of pyridine rings is 1. The van der Waals surface area contributed by atoms with Crippen molar-refractivity contribution in [3.8, 4) is 11.4 Å². The molecule has 84 valence electrons. The lowest BCUT2D eigenvalue weighted by Crippen LogP contribution is -1.99. The average molecular weight is 247 g/mol. The fraction of sp³-hybridized carbons (Fsp3) is 0. The maximum Gasteiger partial charge on any atom is 0.227 e. The summed E-state index contributed by atoms with van der Waals surface area (Å²) < 4.78 is 1.73. The number of nitrogens with zero attached hydrogens (tertiary/aromatic N) is 5. The second-order valence-corrected chi connectivity index (χ2v) is 3.71. The molecule has 0 aliphatic carbocycles. The molecule has 0 aliphatic heterocycles. The minimum absolute atomic E-state index is 0.0720. The fourth-order valence-corrected chi connectivity index (χ4v) is 1.76. The van der Waals surface area contributed by atoms with Crippen LogP contribution in [0.2, 0.25) is 5.28 Å². The van der Waals surface area contributed by atoms with Crippen LogP contribution in [0.4, 0.5) is 5.95 Å². The van der Waals surface area contributed by atoms with E-state index >= 15 is 0 Å². The van der Waals surface area contributed by atoms with Gasteiger partial charge in [0.05, 0.1) is 17.3 Å². The summed E-state index contributed by atoms with van der Waals surface area (Å²) in [4.78, 5) is 11.8. The molecule has 0 radical (unpaired) electrons. The van der Waals surface area contributed by atoms with Crippen molar-refractivity contribution < 1.29 is 0 Å². The molecule has 3 aromatic heterocycles. The highest BCUT2D eigenvalue weighted by atomic mass is 35.5. The lowest BCUT2D eigenvalue weighted by atomic mass is 10.2. The summed E-state index contributed by atoms with van der Waals surface area (Å²) in [6, 6.07) is 5.71. The number of nitrogens with two attached hydrogens (primary N) is 1. The van der Waals surface area contributed by atoms with Crippen molar-refractivity contribution in [2.75, 3.05) is 5.73 Å². The zero-order valence-electron chi connectivity index (χ0n) is 8.58. The molecular weight excluding hydrogens is 240 g/mol. The summed E-state index contributed by atoms with van der Waals surface area (Å²) >= 11 is 5.75. The largest absolute Gasteiger partial charge is 0.368 e. The van der Waals surface area contributed by atoms with Gasteiger partial charge < -0.3 is 5.73 Å². The summed E-state index contributed by atoms with van der Waals surface area (Å²) in [5.74, 6) is 0.513. The molecule has 0 bridgehead atoms. The lowest BCUT2D eigenvalue weighted by molar-refractivity contribution is 0.961. The number of nitrogen functional groups attached to an aromatic ring is 1. The predicted octanol–water partition coefficient (Wildman–Crippen LogP) is 1.42. The Kier molecular flexibility index (Phi) is 2.15. The molecule has 0 aliphatic rings. The van der Waals surface area contributed by atoms with E-state index in [-0.39, 0.29) is 11.2 Å². The van der Waals surface area contributed by atoms with Gasteiger partial charge in [-0.2, -0.15) is 20.1 Å². The first-order valence-electron chi connectivity index (χ1n) is 4.84. The van der Waals surface area contributed by atoms with E-state index in [0.29, 0.717) is 5.82 Å². The Morgan fingerprint density at radius 2 is 2.06 bits per heavy atom. The van der Waals surface area contributed by atoms with Gasteiger partial charge in [-0.1, -0.05) is 6.07 Å². The Morgan fingerprint density at radius 3 is 2.88 bits per heavy atom. The average Bonchev–Trinajstić information content (AvgIpc) is 2.71. The van der Waals surface area contributed by atoms with Gasteiger partial charge in [-0.05, 0) is 23.7 Å². The predicted molar refractivity (Wildman–Crippen MR) is 63.4 cm³/mol. The number of aromatic nitrogens is 5. The van der Waals surface area contributed by atoms with Crippen LogP contribution in [0, 0.1) is 0 Å². The molecule has 0 atom stereocenters. The quantitative estimate of drug-likeness (QED) is 0.702. The molecular formula is C10H7ClN6. The van der Waals surface area contributed by atoms with Gasteiger partial charge in [0, 0.05) is 6.20 Å². The van der Waals surface area contributed by atoms with Crippen LogP contribution in [0.3, 0.4) is 0 Å². The van der Waals surface area contributed by atoms with Crippen LogP contribution in [0.5, 0.6) is 0 Å². The van der Waals surface area contributed by atoms with Crippen LogP contribution < -0.4 is 5.73 Å². The van der Waals surface area contributed by atoms with Gasteiger partial charge in [-0.25, -0.2) is 4.52 Å². The number of hydrogen-bond donors (Lipinski definition) is 1. The highest BCUT2D eigenvalue weighted by molar-refractivity contribution is 6.28. The number of halogens is 1. The van der Waals surface area contributed by atoms with E-state index in [9.17, 15) is 0 Å². The third-order valence-corrected chi connectivity index (χ3v) is 2.46. The number of anilines is 1. The Bertz CT molecular complexity index is 672. The van der Waals surface area contributed by atoms with Crippen molar-refractivity contribution in [2.24, 2.45) is 0 Å². The summed E-state index contributed by atoms with van der Waals surface area (Å²) in [6.07, 6.45) is 3.51. The third kappa shape index (κ3) is 1.68. The molecule has 0 fully saturated rings.